The van der Waals surface area contributed by atoms with Crippen LogP contribution in [0.2, 0.25) is 0 Å². The molecule has 2 atom stereocenters. The van der Waals surface area contributed by atoms with Crippen molar-refractivity contribution >= 4 is 11.1 Å². The van der Waals surface area contributed by atoms with Crippen LogP contribution in [0.25, 0.3) is 0 Å². The molecule has 0 aliphatic heterocycles. The number of alkyl halides is 3. The van der Waals surface area contributed by atoms with Crippen molar-refractivity contribution in [3.05, 3.63) is 42.0 Å². The Morgan fingerprint density at radius 1 is 1.22 bits per heavy atom. The lowest BCUT2D eigenvalue weighted by Crippen LogP contribution is -2.21. The van der Waals surface area contributed by atoms with E-state index in [1.165, 1.54) is 31.9 Å². The summed E-state index contributed by atoms with van der Waals surface area (Å²) in [5.74, 6) is 0.518. The van der Waals surface area contributed by atoms with Gasteiger partial charge in [0.05, 0.1) is 14.2 Å². The zero-order chi connectivity index (χ0) is 20.6. The Morgan fingerprint density at radius 3 is 2.15 bits per heavy atom. The van der Waals surface area contributed by atoms with Gasteiger partial charge in [0.15, 0.2) is 0 Å². The molecule has 2 unspecified atom stereocenters. The standard InChI is InChI=1S/C16H19F3O4S.C3H6/c1-10-5-4-6-11(7-10)15-13(21-2)8-12(9-14(15)22-3)23-24(20)16(17,18)19;1-3-2/h7-9,11H,4-6H2,1-3H3;3H,1H2,2H3. The molecule has 1 aliphatic carbocycles. The fraction of sp³-hybridized carbons (Fsp3) is 0.474. The second kappa shape index (κ2) is 10.4. The molecule has 0 saturated carbocycles. The number of hydrogen-bond donors (Lipinski definition) is 0. The van der Waals surface area contributed by atoms with E-state index in [0.29, 0.717) is 11.5 Å². The quantitative estimate of drug-likeness (QED) is 0.591. The maximum atomic E-state index is 12.4. The monoisotopic (exact) mass is 406 g/mol. The SMILES string of the molecule is C=CC.COc1cc(OS(=O)C(F)(F)F)cc(OC)c1C1C=C(C)CCC1. The lowest BCUT2D eigenvalue weighted by atomic mass is 9.85. The molecule has 0 amide bonds. The molecule has 0 radical (unpaired) electrons. The first-order chi connectivity index (χ1) is 12.7. The van der Waals surface area contributed by atoms with Crippen molar-refractivity contribution in [1.29, 1.82) is 0 Å². The van der Waals surface area contributed by atoms with Gasteiger partial charge in [0.25, 0.3) is 0 Å². The van der Waals surface area contributed by atoms with Crippen LogP contribution >= 0.6 is 0 Å². The van der Waals surface area contributed by atoms with E-state index in [1.807, 2.05) is 13.8 Å². The number of methoxy groups -OCH3 is 2. The lowest BCUT2D eigenvalue weighted by Gasteiger charge is -2.24. The van der Waals surface area contributed by atoms with Gasteiger partial charge in [0.2, 0.25) is 0 Å². The molecule has 0 heterocycles. The van der Waals surface area contributed by atoms with Crippen LogP contribution < -0.4 is 13.7 Å². The Kier molecular flexibility index (Phi) is 8.88. The van der Waals surface area contributed by atoms with E-state index in [2.05, 4.69) is 16.8 Å². The summed E-state index contributed by atoms with van der Waals surface area (Å²) >= 11 is -3.45. The number of benzene rings is 1. The maximum absolute atomic E-state index is 12.4. The number of ether oxygens (including phenoxy) is 2. The smallest absolute Gasteiger partial charge is 0.496 e. The molecular formula is C19H25F3O4S. The topological polar surface area (TPSA) is 44.8 Å². The third kappa shape index (κ3) is 6.61. The molecule has 4 nitrogen and oxygen atoms in total. The average molecular weight is 406 g/mol. The molecule has 0 fully saturated rings. The minimum absolute atomic E-state index is 0.0470. The van der Waals surface area contributed by atoms with Gasteiger partial charge >= 0.3 is 16.6 Å². The van der Waals surface area contributed by atoms with Crippen LogP contribution in [-0.2, 0) is 11.1 Å². The van der Waals surface area contributed by atoms with Gasteiger partial charge in [-0.2, -0.15) is 13.2 Å². The Labute approximate surface area is 160 Å². The van der Waals surface area contributed by atoms with Crippen molar-refractivity contribution in [3.63, 3.8) is 0 Å². The zero-order valence-electron chi connectivity index (χ0n) is 15.9. The lowest BCUT2D eigenvalue weighted by molar-refractivity contribution is -0.0437. The van der Waals surface area contributed by atoms with Crippen LogP contribution in [0.15, 0.2) is 36.4 Å². The van der Waals surface area contributed by atoms with E-state index in [0.717, 1.165) is 24.8 Å². The summed E-state index contributed by atoms with van der Waals surface area (Å²) in [4.78, 5) is 0. The molecule has 0 spiro atoms. The van der Waals surface area contributed by atoms with Gasteiger partial charge in [-0.3, -0.25) is 0 Å². The fourth-order valence-corrected chi connectivity index (χ4v) is 3.17. The fourth-order valence-electron chi connectivity index (χ4n) is 2.80. The van der Waals surface area contributed by atoms with Crippen LogP contribution in [0.1, 0.15) is 44.6 Å². The molecular weight excluding hydrogens is 381 g/mol. The van der Waals surface area contributed by atoms with Crippen LogP contribution in [0.5, 0.6) is 17.2 Å². The third-order valence-corrected chi connectivity index (χ3v) is 4.54. The summed E-state index contributed by atoms with van der Waals surface area (Å²) < 4.78 is 63.5. The molecule has 0 aromatic heterocycles. The average Bonchev–Trinajstić information content (AvgIpc) is 2.60. The third-order valence-electron chi connectivity index (χ3n) is 3.82. The minimum atomic E-state index is -4.96. The molecule has 0 saturated heterocycles. The number of halogens is 3. The Hall–Kier alpha value is -1.96. The maximum Gasteiger partial charge on any atom is 0.508 e. The van der Waals surface area contributed by atoms with E-state index >= 15 is 0 Å². The molecule has 27 heavy (non-hydrogen) atoms. The van der Waals surface area contributed by atoms with Gasteiger partial charge < -0.3 is 13.7 Å². The van der Waals surface area contributed by atoms with Crippen molar-refractivity contribution in [3.8, 4) is 17.2 Å². The van der Waals surface area contributed by atoms with Gasteiger partial charge in [0.1, 0.15) is 17.2 Å². The molecule has 0 N–H and O–H groups in total. The van der Waals surface area contributed by atoms with Crippen LogP contribution in [-0.4, -0.2) is 23.9 Å². The largest absolute Gasteiger partial charge is 0.508 e. The molecule has 8 heteroatoms. The van der Waals surface area contributed by atoms with Gasteiger partial charge in [0, 0.05) is 23.6 Å². The van der Waals surface area contributed by atoms with E-state index in [4.69, 9.17) is 9.47 Å². The Bertz CT molecular complexity index is 674. The molecule has 1 aliphatic rings. The first-order valence-corrected chi connectivity index (χ1v) is 9.42. The predicted molar refractivity (Wildman–Crippen MR) is 101 cm³/mol. The summed E-state index contributed by atoms with van der Waals surface area (Å²) in [5.41, 5.74) is -2.96. The summed E-state index contributed by atoms with van der Waals surface area (Å²) in [7, 11) is 2.84. The Morgan fingerprint density at radius 2 is 1.74 bits per heavy atom. The van der Waals surface area contributed by atoms with E-state index in [-0.39, 0.29) is 11.7 Å². The second-order valence-corrected chi connectivity index (χ2v) is 7.02. The van der Waals surface area contributed by atoms with Crippen molar-refractivity contribution in [2.45, 2.75) is 44.5 Å². The minimum Gasteiger partial charge on any atom is -0.496 e. The van der Waals surface area contributed by atoms with Gasteiger partial charge in [-0.15, -0.1) is 6.58 Å². The summed E-state index contributed by atoms with van der Waals surface area (Å²) in [6.07, 6.45) is 6.78. The van der Waals surface area contributed by atoms with Gasteiger partial charge in [-0.05, 0) is 33.1 Å². The van der Waals surface area contributed by atoms with Crippen molar-refractivity contribution in [2.24, 2.45) is 0 Å². The highest BCUT2D eigenvalue weighted by Gasteiger charge is 2.40. The van der Waals surface area contributed by atoms with Crippen molar-refractivity contribution in [1.82, 2.24) is 0 Å². The van der Waals surface area contributed by atoms with Crippen molar-refractivity contribution < 1.29 is 31.0 Å². The molecule has 0 bridgehead atoms. The zero-order valence-corrected chi connectivity index (χ0v) is 16.7. The normalized spacial score (nSPS) is 17.7. The number of hydrogen-bond acceptors (Lipinski definition) is 4. The summed E-state index contributed by atoms with van der Waals surface area (Å²) in [6.45, 7) is 7.29. The number of allylic oxidation sites excluding steroid dienone is 3. The summed E-state index contributed by atoms with van der Waals surface area (Å²) in [6, 6.07) is 2.61. The van der Waals surface area contributed by atoms with E-state index in [1.54, 1.807) is 6.08 Å². The Balaban J connectivity index is 0.00000114. The van der Waals surface area contributed by atoms with Gasteiger partial charge in [-0.1, -0.05) is 17.7 Å². The van der Waals surface area contributed by atoms with Crippen LogP contribution in [0.4, 0.5) is 13.2 Å². The number of rotatable bonds is 5. The summed E-state index contributed by atoms with van der Waals surface area (Å²) in [5, 5.41) is 0. The molecule has 1 aromatic carbocycles. The van der Waals surface area contributed by atoms with Crippen LogP contribution in [0, 0.1) is 0 Å². The van der Waals surface area contributed by atoms with E-state index < -0.39 is 16.6 Å². The second-order valence-electron chi connectivity index (χ2n) is 5.93. The van der Waals surface area contributed by atoms with Gasteiger partial charge in [-0.25, -0.2) is 4.21 Å². The van der Waals surface area contributed by atoms with Crippen molar-refractivity contribution in [2.75, 3.05) is 14.2 Å². The van der Waals surface area contributed by atoms with Crippen LogP contribution in [0.3, 0.4) is 0 Å². The highest BCUT2D eigenvalue weighted by Crippen LogP contribution is 2.44. The van der Waals surface area contributed by atoms with E-state index in [9.17, 15) is 17.4 Å². The highest BCUT2D eigenvalue weighted by molar-refractivity contribution is 7.81. The highest BCUT2D eigenvalue weighted by atomic mass is 32.2. The predicted octanol–water partition coefficient (Wildman–Crippen LogP) is 5.67. The first kappa shape index (κ1) is 23.1. The molecule has 1 aromatic rings. The first-order valence-electron chi connectivity index (χ1n) is 8.35. The molecule has 152 valence electrons. The molecule has 2 rings (SSSR count).